The number of anilines is 2. The summed E-state index contributed by atoms with van der Waals surface area (Å²) in [5.74, 6) is -0.0771. The summed E-state index contributed by atoms with van der Waals surface area (Å²) in [6, 6.07) is 11.2. The maximum absolute atomic E-state index is 11.1. The summed E-state index contributed by atoms with van der Waals surface area (Å²) in [5.41, 5.74) is 3.76. The highest BCUT2D eigenvalue weighted by Crippen LogP contribution is 2.23. The van der Waals surface area contributed by atoms with E-state index in [9.17, 15) is 4.79 Å². The second kappa shape index (κ2) is 6.83. The molecule has 2 N–H and O–H groups in total. The van der Waals surface area contributed by atoms with Gasteiger partial charge in [0.05, 0.1) is 0 Å². The molecule has 0 spiro atoms. The van der Waals surface area contributed by atoms with Crippen LogP contribution in [0.3, 0.4) is 0 Å². The van der Waals surface area contributed by atoms with E-state index in [0.29, 0.717) is 16.6 Å². The van der Waals surface area contributed by atoms with E-state index >= 15 is 0 Å². The Balaban J connectivity index is 2.06. The minimum Gasteiger partial charge on any atom is -0.381 e. The van der Waals surface area contributed by atoms with E-state index < -0.39 is 0 Å². The van der Waals surface area contributed by atoms with E-state index in [4.69, 9.17) is 23.2 Å². The molecule has 0 unspecified atom stereocenters. The zero-order chi connectivity index (χ0) is 15.4. The lowest BCUT2D eigenvalue weighted by Gasteiger charge is -2.12. The molecular weight excluding hydrogens is 307 g/mol. The molecule has 3 nitrogen and oxygen atoms in total. The van der Waals surface area contributed by atoms with Crippen LogP contribution in [0.5, 0.6) is 0 Å². The Morgan fingerprint density at radius 1 is 1.14 bits per heavy atom. The third kappa shape index (κ3) is 4.38. The van der Waals surface area contributed by atoms with Gasteiger partial charge in [-0.05, 0) is 48.4 Å². The van der Waals surface area contributed by atoms with Crippen molar-refractivity contribution in [1.29, 1.82) is 0 Å². The third-order valence-corrected chi connectivity index (χ3v) is 3.62. The van der Waals surface area contributed by atoms with Crippen LogP contribution in [0.25, 0.3) is 0 Å². The maximum atomic E-state index is 11.1. The molecule has 2 aromatic carbocycles. The summed E-state index contributed by atoms with van der Waals surface area (Å²) in [4.78, 5) is 11.1. The molecule has 110 valence electrons. The van der Waals surface area contributed by atoms with Crippen LogP contribution in [-0.4, -0.2) is 5.91 Å². The van der Waals surface area contributed by atoms with Crippen molar-refractivity contribution in [3.63, 3.8) is 0 Å². The quantitative estimate of drug-likeness (QED) is 0.842. The molecule has 5 heteroatoms. The Morgan fingerprint density at radius 2 is 1.90 bits per heavy atom. The van der Waals surface area contributed by atoms with Gasteiger partial charge in [0.25, 0.3) is 0 Å². The molecule has 0 saturated carbocycles. The molecule has 0 aromatic heterocycles. The van der Waals surface area contributed by atoms with E-state index in [1.807, 2.05) is 37.3 Å². The number of aryl methyl sites for hydroxylation is 1. The Labute approximate surface area is 134 Å². The van der Waals surface area contributed by atoms with Gasteiger partial charge in [0.1, 0.15) is 0 Å². The predicted octanol–water partition coefficient (Wildman–Crippen LogP) is 4.87. The fourth-order valence-corrected chi connectivity index (χ4v) is 2.44. The molecule has 0 bridgehead atoms. The summed E-state index contributed by atoms with van der Waals surface area (Å²) in [7, 11) is 0. The zero-order valence-corrected chi connectivity index (χ0v) is 13.3. The standard InChI is InChI=1S/C16H16Cl2N2O/c1-10-7-14(5-6-16(10)20-11(2)21)19-9-12-3-4-13(17)8-15(12)18/h3-8,19H,9H2,1-2H3,(H,20,21). The van der Waals surface area contributed by atoms with Gasteiger partial charge in [0, 0.05) is 34.9 Å². The highest BCUT2D eigenvalue weighted by Gasteiger charge is 2.04. The number of halogens is 2. The molecule has 0 aliphatic carbocycles. The van der Waals surface area contributed by atoms with Gasteiger partial charge >= 0.3 is 0 Å². The van der Waals surface area contributed by atoms with Crippen molar-refractivity contribution in [3.8, 4) is 0 Å². The Bertz CT molecular complexity index is 671. The lowest BCUT2D eigenvalue weighted by Crippen LogP contribution is -2.07. The number of amides is 1. The van der Waals surface area contributed by atoms with Gasteiger partial charge in [-0.15, -0.1) is 0 Å². The van der Waals surface area contributed by atoms with Crippen molar-refractivity contribution in [1.82, 2.24) is 0 Å². The van der Waals surface area contributed by atoms with E-state index in [1.165, 1.54) is 6.92 Å². The van der Waals surface area contributed by atoms with Gasteiger partial charge in [0.15, 0.2) is 0 Å². The van der Waals surface area contributed by atoms with E-state index in [2.05, 4.69) is 10.6 Å². The van der Waals surface area contributed by atoms with Crippen molar-refractivity contribution in [3.05, 3.63) is 57.6 Å². The first kappa shape index (κ1) is 15.7. The number of nitrogens with one attached hydrogen (secondary N) is 2. The van der Waals surface area contributed by atoms with Crippen LogP contribution < -0.4 is 10.6 Å². The van der Waals surface area contributed by atoms with Crippen molar-refractivity contribution in [2.24, 2.45) is 0 Å². The Hall–Kier alpha value is -1.71. The topological polar surface area (TPSA) is 41.1 Å². The molecule has 1 amide bonds. The van der Waals surface area contributed by atoms with Gasteiger partial charge in [-0.2, -0.15) is 0 Å². The minimum absolute atomic E-state index is 0.0771. The number of rotatable bonds is 4. The molecule has 0 fully saturated rings. The van der Waals surface area contributed by atoms with E-state index in [-0.39, 0.29) is 5.91 Å². The summed E-state index contributed by atoms with van der Waals surface area (Å²) in [6.07, 6.45) is 0. The largest absolute Gasteiger partial charge is 0.381 e. The van der Waals surface area contributed by atoms with Crippen LogP contribution in [0.15, 0.2) is 36.4 Å². The van der Waals surface area contributed by atoms with Crippen LogP contribution in [-0.2, 0) is 11.3 Å². The fraction of sp³-hybridized carbons (Fsp3) is 0.188. The summed E-state index contributed by atoms with van der Waals surface area (Å²) in [5, 5.41) is 7.35. The van der Waals surface area contributed by atoms with Crippen molar-refractivity contribution in [2.45, 2.75) is 20.4 Å². The summed E-state index contributed by atoms with van der Waals surface area (Å²) in [6.45, 7) is 4.05. The van der Waals surface area contributed by atoms with Gasteiger partial charge < -0.3 is 10.6 Å². The molecule has 21 heavy (non-hydrogen) atoms. The van der Waals surface area contributed by atoms with Crippen LogP contribution >= 0.6 is 23.2 Å². The molecule has 0 saturated heterocycles. The minimum atomic E-state index is -0.0771. The third-order valence-electron chi connectivity index (χ3n) is 3.04. The number of hydrogen-bond donors (Lipinski definition) is 2. The average molecular weight is 323 g/mol. The lowest BCUT2D eigenvalue weighted by molar-refractivity contribution is -0.114. The van der Waals surface area contributed by atoms with Gasteiger partial charge in [-0.3, -0.25) is 4.79 Å². The van der Waals surface area contributed by atoms with Gasteiger partial charge in [0.2, 0.25) is 5.91 Å². The molecular formula is C16H16Cl2N2O. The van der Waals surface area contributed by atoms with Crippen LogP contribution in [0.1, 0.15) is 18.1 Å². The molecule has 2 rings (SSSR count). The second-order valence-corrected chi connectivity index (χ2v) is 5.64. The first-order valence-corrected chi connectivity index (χ1v) is 7.27. The molecule has 0 aliphatic rings. The molecule has 0 heterocycles. The maximum Gasteiger partial charge on any atom is 0.221 e. The van der Waals surface area contributed by atoms with Crippen LogP contribution in [0.4, 0.5) is 11.4 Å². The van der Waals surface area contributed by atoms with E-state index in [0.717, 1.165) is 22.5 Å². The Morgan fingerprint density at radius 3 is 2.52 bits per heavy atom. The fourth-order valence-electron chi connectivity index (χ4n) is 1.97. The lowest BCUT2D eigenvalue weighted by atomic mass is 10.1. The van der Waals surface area contributed by atoms with Crippen molar-refractivity contribution >= 4 is 40.5 Å². The van der Waals surface area contributed by atoms with Gasteiger partial charge in [-0.1, -0.05) is 29.3 Å². The first-order chi connectivity index (χ1) is 9.95. The first-order valence-electron chi connectivity index (χ1n) is 6.52. The predicted molar refractivity (Wildman–Crippen MR) is 89.3 cm³/mol. The Kier molecular flexibility index (Phi) is 5.10. The zero-order valence-electron chi connectivity index (χ0n) is 11.8. The SMILES string of the molecule is CC(=O)Nc1ccc(NCc2ccc(Cl)cc2Cl)cc1C. The molecule has 2 aromatic rings. The molecule has 0 atom stereocenters. The van der Waals surface area contributed by atoms with Crippen LogP contribution in [0, 0.1) is 6.92 Å². The van der Waals surface area contributed by atoms with Crippen LogP contribution in [0.2, 0.25) is 10.0 Å². The number of carbonyl (C=O) groups is 1. The smallest absolute Gasteiger partial charge is 0.221 e. The normalized spacial score (nSPS) is 10.3. The summed E-state index contributed by atoms with van der Waals surface area (Å²) >= 11 is 12.0. The van der Waals surface area contributed by atoms with E-state index in [1.54, 1.807) is 6.07 Å². The molecule has 0 radical (unpaired) electrons. The second-order valence-electron chi connectivity index (χ2n) is 4.80. The number of hydrogen-bond acceptors (Lipinski definition) is 2. The monoisotopic (exact) mass is 322 g/mol. The highest BCUT2D eigenvalue weighted by molar-refractivity contribution is 6.35. The number of carbonyl (C=O) groups excluding carboxylic acids is 1. The van der Waals surface area contributed by atoms with Gasteiger partial charge in [-0.25, -0.2) is 0 Å². The highest BCUT2D eigenvalue weighted by atomic mass is 35.5. The molecule has 0 aliphatic heterocycles. The summed E-state index contributed by atoms with van der Waals surface area (Å²) < 4.78 is 0. The number of benzene rings is 2. The average Bonchev–Trinajstić information content (AvgIpc) is 2.40. The van der Waals surface area contributed by atoms with Crippen molar-refractivity contribution in [2.75, 3.05) is 10.6 Å². The van der Waals surface area contributed by atoms with Crippen molar-refractivity contribution < 1.29 is 4.79 Å².